The van der Waals surface area contributed by atoms with Crippen LogP contribution in [0.15, 0.2) is 72.8 Å². The highest BCUT2D eigenvalue weighted by molar-refractivity contribution is 6.30. The van der Waals surface area contributed by atoms with Crippen molar-refractivity contribution in [3.05, 3.63) is 83.4 Å². The number of nitrogens with zero attached hydrogens (tertiary/aromatic N) is 1. The van der Waals surface area contributed by atoms with Crippen molar-refractivity contribution < 1.29 is 19.5 Å². The number of carboxylic acid groups (broad SMARTS) is 1. The van der Waals surface area contributed by atoms with Gasteiger partial charge in [-0.15, -0.1) is 0 Å². The first-order valence-electron chi connectivity index (χ1n) is 9.78. The summed E-state index contributed by atoms with van der Waals surface area (Å²) in [5.74, 6) is -1.43. The van der Waals surface area contributed by atoms with Crippen LogP contribution in [0.2, 0.25) is 5.02 Å². The van der Waals surface area contributed by atoms with E-state index < -0.39 is 12.0 Å². The molecule has 0 fully saturated rings. The van der Waals surface area contributed by atoms with E-state index in [0.29, 0.717) is 22.0 Å². The molecule has 3 rings (SSSR count). The molecule has 8 heteroatoms. The van der Waals surface area contributed by atoms with E-state index in [4.69, 9.17) is 16.7 Å². The molecule has 3 aromatic carbocycles. The first kappa shape index (κ1) is 22.8. The molecule has 0 spiro atoms. The number of amides is 3. The maximum atomic E-state index is 12.4. The third-order valence-electron chi connectivity index (χ3n) is 4.97. The Morgan fingerprint density at radius 3 is 1.72 bits per heavy atom. The lowest BCUT2D eigenvalue weighted by atomic mass is 10.0. The topological polar surface area (TPSA) is 98.7 Å². The summed E-state index contributed by atoms with van der Waals surface area (Å²) >= 11 is 5.84. The SMILES string of the molecule is C[C@@H](C(=O)O)N(C)C(=O)c1ccc(-c2ccc(NC(=O)Nc3ccc(Cl)cc3)cc2)cc1. The first-order valence-corrected chi connectivity index (χ1v) is 10.2. The van der Waals surface area contributed by atoms with E-state index in [2.05, 4.69) is 10.6 Å². The Labute approximate surface area is 190 Å². The molecule has 0 aliphatic rings. The molecule has 0 aliphatic heterocycles. The molecule has 7 nitrogen and oxygen atoms in total. The lowest BCUT2D eigenvalue weighted by Crippen LogP contribution is -2.40. The Morgan fingerprint density at radius 2 is 1.25 bits per heavy atom. The highest BCUT2D eigenvalue weighted by Gasteiger charge is 2.22. The van der Waals surface area contributed by atoms with E-state index in [9.17, 15) is 14.4 Å². The quantitative estimate of drug-likeness (QED) is 0.480. The molecule has 32 heavy (non-hydrogen) atoms. The van der Waals surface area contributed by atoms with Gasteiger partial charge < -0.3 is 20.6 Å². The number of likely N-dealkylation sites (N-methyl/N-ethyl adjacent to an activating group) is 1. The number of aliphatic carboxylic acids is 1. The summed E-state index contributed by atoms with van der Waals surface area (Å²) in [7, 11) is 1.46. The van der Waals surface area contributed by atoms with Crippen LogP contribution in [0.25, 0.3) is 11.1 Å². The molecule has 0 bridgehead atoms. The number of rotatable bonds is 6. The number of benzene rings is 3. The van der Waals surface area contributed by atoms with Crippen LogP contribution >= 0.6 is 11.6 Å². The van der Waals surface area contributed by atoms with Crippen LogP contribution in [-0.4, -0.2) is 41.0 Å². The Morgan fingerprint density at radius 1 is 0.812 bits per heavy atom. The number of hydrogen-bond donors (Lipinski definition) is 3. The van der Waals surface area contributed by atoms with E-state index >= 15 is 0 Å². The summed E-state index contributed by atoms with van der Waals surface area (Å²) in [5, 5.41) is 15.1. The summed E-state index contributed by atoms with van der Waals surface area (Å²) in [6.07, 6.45) is 0. The number of carboxylic acids is 1. The van der Waals surface area contributed by atoms with Crippen LogP contribution in [-0.2, 0) is 4.79 Å². The number of anilines is 2. The Bertz CT molecular complexity index is 1110. The molecular weight excluding hydrogens is 430 g/mol. The summed E-state index contributed by atoms with van der Waals surface area (Å²) in [5.41, 5.74) is 3.44. The largest absolute Gasteiger partial charge is 0.480 e. The number of urea groups is 1. The van der Waals surface area contributed by atoms with Gasteiger partial charge in [-0.2, -0.15) is 0 Å². The van der Waals surface area contributed by atoms with Crippen LogP contribution in [0.4, 0.5) is 16.2 Å². The molecule has 0 saturated carbocycles. The van der Waals surface area contributed by atoms with E-state index in [-0.39, 0.29) is 11.9 Å². The molecular formula is C24H22ClN3O4. The molecule has 3 N–H and O–H groups in total. The fourth-order valence-corrected chi connectivity index (χ4v) is 3.05. The number of nitrogens with one attached hydrogen (secondary N) is 2. The Hall–Kier alpha value is -3.84. The van der Waals surface area contributed by atoms with Crippen molar-refractivity contribution in [1.29, 1.82) is 0 Å². The second kappa shape index (κ2) is 9.98. The fraction of sp³-hybridized carbons (Fsp3) is 0.125. The van der Waals surface area contributed by atoms with E-state index in [1.807, 2.05) is 12.1 Å². The Balaban J connectivity index is 1.63. The van der Waals surface area contributed by atoms with Crippen LogP contribution in [0.5, 0.6) is 0 Å². The molecule has 0 saturated heterocycles. The third-order valence-corrected chi connectivity index (χ3v) is 5.22. The minimum absolute atomic E-state index is 0.363. The molecule has 0 aliphatic carbocycles. The smallest absolute Gasteiger partial charge is 0.326 e. The van der Waals surface area contributed by atoms with Crippen molar-refractivity contribution in [2.45, 2.75) is 13.0 Å². The molecule has 164 valence electrons. The predicted molar refractivity (Wildman–Crippen MR) is 125 cm³/mol. The number of carbonyl (C=O) groups is 3. The summed E-state index contributed by atoms with van der Waals surface area (Å²) in [6.45, 7) is 1.46. The van der Waals surface area contributed by atoms with Gasteiger partial charge in [0.1, 0.15) is 6.04 Å². The molecule has 0 radical (unpaired) electrons. The van der Waals surface area contributed by atoms with Crippen molar-refractivity contribution in [3.63, 3.8) is 0 Å². The molecule has 0 unspecified atom stereocenters. The second-order valence-electron chi connectivity index (χ2n) is 7.17. The van der Waals surface area contributed by atoms with Crippen molar-refractivity contribution >= 4 is 40.9 Å². The second-order valence-corrected chi connectivity index (χ2v) is 7.61. The van der Waals surface area contributed by atoms with Crippen molar-refractivity contribution in [2.75, 3.05) is 17.7 Å². The van der Waals surface area contributed by atoms with Crippen molar-refractivity contribution in [3.8, 4) is 11.1 Å². The van der Waals surface area contributed by atoms with Crippen LogP contribution < -0.4 is 10.6 Å². The highest BCUT2D eigenvalue weighted by Crippen LogP contribution is 2.23. The fourth-order valence-electron chi connectivity index (χ4n) is 2.92. The molecule has 0 aromatic heterocycles. The van der Waals surface area contributed by atoms with Gasteiger partial charge in [-0.05, 0) is 66.6 Å². The van der Waals surface area contributed by atoms with Crippen LogP contribution in [0.3, 0.4) is 0 Å². The van der Waals surface area contributed by atoms with Gasteiger partial charge in [0, 0.05) is 29.0 Å². The van der Waals surface area contributed by atoms with Gasteiger partial charge in [0.05, 0.1) is 0 Å². The maximum Gasteiger partial charge on any atom is 0.326 e. The first-order chi connectivity index (χ1) is 15.2. The van der Waals surface area contributed by atoms with Gasteiger partial charge in [-0.1, -0.05) is 35.9 Å². The lowest BCUT2D eigenvalue weighted by Gasteiger charge is -2.21. The van der Waals surface area contributed by atoms with Gasteiger partial charge in [0.2, 0.25) is 0 Å². The number of carbonyl (C=O) groups excluding carboxylic acids is 2. The van der Waals surface area contributed by atoms with E-state index in [1.54, 1.807) is 60.7 Å². The zero-order chi connectivity index (χ0) is 23.3. The Kier molecular flexibility index (Phi) is 7.12. The summed E-state index contributed by atoms with van der Waals surface area (Å²) < 4.78 is 0. The maximum absolute atomic E-state index is 12.4. The molecule has 0 heterocycles. The van der Waals surface area contributed by atoms with Crippen LogP contribution in [0, 0.1) is 0 Å². The van der Waals surface area contributed by atoms with Crippen molar-refractivity contribution in [2.24, 2.45) is 0 Å². The number of hydrogen-bond acceptors (Lipinski definition) is 3. The van der Waals surface area contributed by atoms with Gasteiger partial charge in [-0.25, -0.2) is 9.59 Å². The van der Waals surface area contributed by atoms with Gasteiger partial charge in [-0.3, -0.25) is 4.79 Å². The molecule has 1 atom stereocenters. The number of halogens is 1. The average Bonchev–Trinajstić information content (AvgIpc) is 2.79. The minimum Gasteiger partial charge on any atom is -0.480 e. The monoisotopic (exact) mass is 451 g/mol. The van der Waals surface area contributed by atoms with E-state index in [1.165, 1.54) is 18.9 Å². The zero-order valence-electron chi connectivity index (χ0n) is 17.5. The third kappa shape index (κ3) is 5.65. The van der Waals surface area contributed by atoms with Gasteiger partial charge in [0.25, 0.3) is 5.91 Å². The average molecular weight is 452 g/mol. The van der Waals surface area contributed by atoms with Gasteiger partial charge >= 0.3 is 12.0 Å². The highest BCUT2D eigenvalue weighted by atomic mass is 35.5. The summed E-state index contributed by atoms with van der Waals surface area (Å²) in [6, 6.07) is 19.7. The lowest BCUT2D eigenvalue weighted by molar-refractivity contribution is -0.141. The van der Waals surface area contributed by atoms with E-state index in [0.717, 1.165) is 11.1 Å². The van der Waals surface area contributed by atoms with Gasteiger partial charge in [0.15, 0.2) is 0 Å². The predicted octanol–water partition coefficient (Wildman–Crippen LogP) is 5.20. The zero-order valence-corrected chi connectivity index (χ0v) is 18.3. The normalized spacial score (nSPS) is 11.3. The standard InChI is InChI=1S/C24H22ClN3O4/c1-15(23(30)31)28(2)22(29)18-5-3-16(4-6-18)17-7-11-20(12-8-17)26-24(32)27-21-13-9-19(25)10-14-21/h3-15H,1-2H3,(H,30,31)(H2,26,27,32)/t15-/m0/s1. The van der Waals surface area contributed by atoms with Crippen LogP contribution in [0.1, 0.15) is 17.3 Å². The summed E-state index contributed by atoms with van der Waals surface area (Å²) in [4.78, 5) is 36.9. The molecule has 3 amide bonds. The minimum atomic E-state index is -1.06. The van der Waals surface area contributed by atoms with Crippen molar-refractivity contribution in [1.82, 2.24) is 4.90 Å². The molecule has 3 aromatic rings.